The molecule has 1 heterocycles. The molecule has 3 rings (SSSR count). The van der Waals surface area contributed by atoms with Crippen LogP contribution in [0.15, 0.2) is 76.2 Å². The number of furan rings is 1. The van der Waals surface area contributed by atoms with Crippen LogP contribution >= 0.6 is 0 Å². The van der Waals surface area contributed by atoms with Crippen molar-refractivity contribution >= 4 is 21.8 Å². The lowest BCUT2D eigenvalue weighted by Gasteiger charge is -2.14. The van der Waals surface area contributed by atoms with Crippen LogP contribution in [0.5, 0.6) is 0 Å². The molecule has 1 aromatic heterocycles. The summed E-state index contributed by atoms with van der Waals surface area (Å²) in [5.74, 6) is -2.00. The van der Waals surface area contributed by atoms with Crippen LogP contribution in [0, 0.1) is 0 Å². The quantitative estimate of drug-likeness (QED) is 0.590. The number of hydrogen-bond acceptors (Lipinski definition) is 5. The first-order valence-corrected chi connectivity index (χ1v) is 9.81. The monoisotopic (exact) mass is 399 g/mol. The SMILES string of the molecule is CC(NS(=O)(=O)c1ccc(C(=O)O)o1)c1cccc(C(=O)c2ccccc2)c1. The Bertz CT molecular complexity index is 1120. The number of sulfonamides is 1. The van der Waals surface area contributed by atoms with Gasteiger partial charge >= 0.3 is 5.97 Å². The van der Waals surface area contributed by atoms with Gasteiger partial charge in [-0.2, -0.15) is 0 Å². The summed E-state index contributed by atoms with van der Waals surface area (Å²) in [6.45, 7) is 1.62. The number of carbonyl (C=O) groups excluding carboxylic acids is 1. The van der Waals surface area contributed by atoms with Crippen LogP contribution in [0.2, 0.25) is 0 Å². The van der Waals surface area contributed by atoms with Gasteiger partial charge in [-0.15, -0.1) is 0 Å². The maximum atomic E-state index is 12.6. The third-order valence-electron chi connectivity index (χ3n) is 4.07. The molecule has 0 radical (unpaired) electrons. The molecule has 1 unspecified atom stereocenters. The number of aromatic carboxylic acids is 1. The molecule has 0 saturated heterocycles. The largest absolute Gasteiger partial charge is 0.475 e. The van der Waals surface area contributed by atoms with Crippen LogP contribution in [0.25, 0.3) is 0 Å². The van der Waals surface area contributed by atoms with Gasteiger partial charge in [0.2, 0.25) is 10.9 Å². The number of carboxylic acids is 1. The van der Waals surface area contributed by atoms with E-state index in [-0.39, 0.29) is 5.78 Å². The van der Waals surface area contributed by atoms with Gasteiger partial charge in [-0.25, -0.2) is 17.9 Å². The molecule has 0 aliphatic heterocycles. The molecule has 0 aliphatic carbocycles. The van der Waals surface area contributed by atoms with Crippen molar-refractivity contribution in [2.45, 2.75) is 18.1 Å². The number of ketones is 1. The van der Waals surface area contributed by atoms with Gasteiger partial charge in [0, 0.05) is 17.2 Å². The molecular formula is C20H17NO6S. The zero-order chi connectivity index (χ0) is 20.3. The molecule has 0 saturated carbocycles. The predicted octanol–water partition coefficient (Wildman–Crippen LogP) is 3.25. The van der Waals surface area contributed by atoms with Crippen molar-refractivity contribution in [3.8, 4) is 0 Å². The second-order valence-corrected chi connectivity index (χ2v) is 7.73. The molecule has 2 aromatic carbocycles. The van der Waals surface area contributed by atoms with Crippen LogP contribution in [-0.2, 0) is 10.0 Å². The Morgan fingerprint density at radius 2 is 1.64 bits per heavy atom. The van der Waals surface area contributed by atoms with E-state index >= 15 is 0 Å². The number of carbonyl (C=O) groups is 2. The molecule has 0 amide bonds. The Balaban J connectivity index is 1.81. The van der Waals surface area contributed by atoms with Gasteiger partial charge in [0.25, 0.3) is 10.0 Å². The Morgan fingerprint density at radius 3 is 2.29 bits per heavy atom. The number of carboxylic acid groups (broad SMARTS) is 1. The lowest BCUT2D eigenvalue weighted by Crippen LogP contribution is -2.26. The highest BCUT2D eigenvalue weighted by Gasteiger charge is 2.24. The van der Waals surface area contributed by atoms with Crippen molar-refractivity contribution in [1.82, 2.24) is 4.72 Å². The van der Waals surface area contributed by atoms with Crippen LogP contribution < -0.4 is 4.72 Å². The van der Waals surface area contributed by atoms with Gasteiger partial charge in [-0.05, 0) is 30.7 Å². The van der Waals surface area contributed by atoms with Crippen LogP contribution in [-0.4, -0.2) is 25.3 Å². The molecule has 0 aliphatic rings. The lowest BCUT2D eigenvalue weighted by molar-refractivity contribution is 0.0656. The zero-order valence-corrected chi connectivity index (χ0v) is 15.6. The van der Waals surface area contributed by atoms with Gasteiger partial charge in [0.05, 0.1) is 0 Å². The summed E-state index contributed by atoms with van der Waals surface area (Å²) in [6, 6.07) is 16.9. The molecule has 1 atom stereocenters. The standard InChI is InChI=1S/C20H17NO6S/c1-13(21-28(25,26)18-11-10-17(27-18)20(23)24)15-8-5-9-16(12-15)19(22)14-6-3-2-4-7-14/h2-13,21H,1H3,(H,23,24). The Kier molecular flexibility index (Phi) is 5.43. The Labute approximate surface area is 161 Å². The summed E-state index contributed by atoms with van der Waals surface area (Å²) < 4.78 is 32.1. The minimum atomic E-state index is -4.07. The van der Waals surface area contributed by atoms with E-state index < -0.39 is 32.9 Å². The lowest BCUT2D eigenvalue weighted by atomic mass is 9.99. The number of nitrogens with one attached hydrogen (secondary N) is 1. The molecule has 8 heteroatoms. The van der Waals surface area contributed by atoms with E-state index in [9.17, 15) is 18.0 Å². The van der Waals surface area contributed by atoms with E-state index in [0.29, 0.717) is 16.7 Å². The molecule has 0 spiro atoms. The molecule has 7 nitrogen and oxygen atoms in total. The van der Waals surface area contributed by atoms with E-state index in [1.165, 1.54) is 0 Å². The summed E-state index contributed by atoms with van der Waals surface area (Å²) in [5.41, 5.74) is 1.54. The normalized spacial score (nSPS) is 12.5. The molecule has 144 valence electrons. The summed E-state index contributed by atoms with van der Waals surface area (Å²) >= 11 is 0. The van der Waals surface area contributed by atoms with Crippen molar-refractivity contribution in [3.63, 3.8) is 0 Å². The molecule has 28 heavy (non-hydrogen) atoms. The van der Waals surface area contributed by atoms with Gasteiger partial charge in [0.15, 0.2) is 5.78 Å². The second kappa shape index (κ2) is 7.79. The zero-order valence-electron chi connectivity index (χ0n) is 14.8. The highest BCUT2D eigenvalue weighted by atomic mass is 32.2. The van der Waals surface area contributed by atoms with Crippen LogP contribution in [0.1, 0.15) is 45.0 Å². The molecular weight excluding hydrogens is 382 g/mol. The topological polar surface area (TPSA) is 114 Å². The Hall–Kier alpha value is -3.23. The third kappa shape index (κ3) is 4.19. The summed E-state index contributed by atoms with van der Waals surface area (Å²) in [6.07, 6.45) is 0. The summed E-state index contributed by atoms with van der Waals surface area (Å²) in [4.78, 5) is 23.4. The van der Waals surface area contributed by atoms with Gasteiger partial charge < -0.3 is 9.52 Å². The van der Waals surface area contributed by atoms with Crippen LogP contribution in [0.4, 0.5) is 0 Å². The van der Waals surface area contributed by atoms with Crippen LogP contribution in [0.3, 0.4) is 0 Å². The third-order valence-corrected chi connectivity index (χ3v) is 5.49. The van der Waals surface area contributed by atoms with E-state index in [1.807, 2.05) is 6.07 Å². The van der Waals surface area contributed by atoms with E-state index in [2.05, 4.69) is 4.72 Å². The van der Waals surface area contributed by atoms with Crippen molar-refractivity contribution in [2.75, 3.05) is 0 Å². The van der Waals surface area contributed by atoms with E-state index in [0.717, 1.165) is 12.1 Å². The van der Waals surface area contributed by atoms with Crippen molar-refractivity contribution in [3.05, 3.63) is 89.2 Å². The number of benzene rings is 2. The molecule has 0 bridgehead atoms. The fourth-order valence-electron chi connectivity index (χ4n) is 2.64. The maximum Gasteiger partial charge on any atom is 0.371 e. The second-order valence-electron chi connectivity index (χ2n) is 6.09. The highest BCUT2D eigenvalue weighted by Crippen LogP contribution is 2.21. The smallest absolute Gasteiger partial charge is 0.371 e. The number of hydrogen-bond donors (Lipinski definition) is 2. The molecule has 3 aromatic rings. The van der Waals surface area contributed by atoms with Crippen molar-refractivity contribution in [1.29, 1.82) is 0 Å². The van der Waals surface area contributed by atoms with Gasteiger partial charge in [-0.3, -0.25) is 4.79 Å². The first kappa shape index (κ1) is 19.5. The highest BCUT2D eigenvalue weighted by molar-refractivity contribution is 7.89. The van der Waals surface area contributed by atoms with E-state index in [1.54, 1.807) is 55.5 Å². The van der Waals surface area contributed by atoms with Gasteiger partial charge in [-0.1, -0.05) is 48.5 Å². The summed E-state index contributed by atoms with van der Waals surface area (Å²) in [5, 5.41) is 8.37. The molecule has 0 fully saturated rings. The first-order chi connectivity index (χ1) is 13.3. The minimum Gasteiger partial charge on any atom is -0.475 e. The Morgan fingerprint density at radius 1 is 0.964 bits per heavy atom. The average molecular weight is 399 g/mol. The van der Waals surface area contributed by atoms with Crippen molar-refractivity contribution in [2.24, 2.45) is 0 Å². The fraction of sp³-hybridized carbons (Fsp3) is 0.100. The number of rotatable bonds is 7. The van der Waals surface area contributed by atoms with E-state index in [4.69, 9.17) is 9.52 Å². The average Bonchev–Trinajstić information content (AvgIpc) is 3.19. The fourth-order valence-corrected chi connectivity index (χ4v) is 3.81. The van der Waals surface area contributed by atoms with Gasteiger partial charge in [0.1, 0.15) is 0 Å². The molecule has 2 N–H and O–H groups in total. The van der Waals surface area contributed by atoms with Crippen molar-refractivity contribution < 1.29 is 27.5 Å². The maximum absolute atomic E-state index is 12.6. The summed E-state index contributed by atoms with van der Waals surface area (Å²) in [7, 11) is -4.07. The first-order valence-electron chi connectivity index (χ1n) is 8.33. The minimum absolute atomic E-state index is 0.172. The predicted molar refractivity (Wildman–Crippen MR) is 101 cm³/mol.